The maximum Gasteiger partial charge on any atom is 0.334 e. The summed E-state index contributed by atoms with van der Waals surface area (Å²) in [6.45, 7) is 0. The smallest absolute Gasteiger partial charge is 0.295 e. The van der Waals surface area contributed by atoms with Gasteiger partial charge in [0.05, 0.1) is 5.69 Å². The van der Waals surface area contributed by atoms with E-state index in [1.54, 1.807) is 12.1 Å². The molecular formula is C10H4Br2ClFN2O2. The molecule has 0 amide bonds. The topological polar surface area (TPSA) is 54.9 Å². The molecule has 0 aliphatic carbocycles. The molecule has 0 bridgehead atoms. The Kier molecular flexibility index (Phi) is 3.74. The van der Waals surface area contributed by atoms with Gasteiger partial charge in [0.25, 0.3) is 5.56 Å². The Morgan fingerprint density at radius 1 is 1.28 bits per heavy atom. The Morgan fingerprint density at radius 3 is 2.61 bits per heavy atom. The maximum absolute atomic E-state index is 13.4. The highest BCUT2D eigenvalue weighted by atomic mass is 79.9. The minimum absolute atomic E-state index is 0.214. The van der Waals surface area contributed by atoms with Gasteiger partial charge in [-0.3, -0.25) is 9.78 Å². The van der Waals surface area contributed by atoms with Crippen molar-refractivity contribution in [1.82, 2.24) is 9.55 Å². The Morgan fingerprint density at radius 2 is 1.94 bits per heavy atom. The van der Waals surface area contributed by atoms with Crippen molar-refractivity contribution in [3.8, 4) is 5.69 Å². The van der Waals surface area contributed by atoms with E-state index in [1.165, 1.54) is 6.07 Å². The summed E-state index contributed by atoms with van der Waals surface area (Å²) in [5.41, 5.74) is -1.71. The number of hydrogen-bond acceptors (Lipinski definition) is 2. The Balaban J connectivity index is 2.88. The maximum atomic E-state index is 13.4. The van der Waals surface area contributed by atoms with E-state index in [-0.39, 0.29) is 5.69 Å². The van der Waals surface area contributed by atoms with Crippen LogP contribution < -0.4 is 11.2 Å². The standard InChI is InChI=1S/C10H4Br2ClFN2O2/c11-4-1-2-5(12)6(3-4)16-9(17)7(14)8(13)15-10(16)18/h1-3H,(H,15,18). The molecule has 0 atom stereocenters. The Bertz CT molecular complexity index is 742. The molecule has 1 aromatic heterocycles. The second-order valence-corrected chi connectivity index (χ2v) is 5.44. The van der Waals surface area contributed by atoms with Gasteiger partial charge in [0.1, 0.15) is 0 Å². The van der Waals surface area contributed by atoms with Gasteiger partial charge in [-0.1, -0.05) is 27.5 Å². The highest BCUT2D eigenvalue weighted by Crippen LogP contribution is 2.23. The van der Waals surface area contributed by atoms with E-state index >= 15 is 0 Å². The molecule has 0 saturated carbocycles. The van der Waals surface area contributed by atoms with Crippen molar-refractivity contribution < 1.29 is 4.39 Å². The summed E-state index contributed by atoms with van der Waals surface area (Å²) in [7, 11) is 0. The SMILES string of the molecule is O=c1[nH]c(Cl)c(F)c(=O)n1-c1cc(Br)ccc1Br. The van der Waals surface area contributed by atoms with Gasteiger partial charge in [-0.05, 0) is 34.1 Å². The molecule has 0 aliphatic rings. The van der Waals surface area contributed by atoms with Crippen molar-refractivity contribution in [2.45, 2.75) is 0 Å². The van der Waals surface area contributed by atoms with Crippen molar-refractivity contribution in [2.24, 2.45) is 0 Å². The zero-order valence-electron chi connectivity index (χ0n) is 8.51. The molecule has 1 aromatic carbocycles. The highest BCUT2D eigenvalue weighted by molar-refractivity contribution is 9.11. The molecular weight excluding hydrogens is 394 g/mol. The van der Waals surface area contributed by atoms with Crippen LogP contribution in [0.3, 0.4) is 0 Å². The van der Waals surface area contributed by atoms with Crippen molar-refractivity contribution in [3.63, 3.8) is 0 Å². The van der Waals surface area contributed by atoms with Gasteiger partial charge < -0.3 is 0 Å². The zero-order valence-corrected chi connectivity index (χ0v) is 12.4. The summed E-state index contributed by atoms with van der Waals surface area (Å²) in [6.07, 6.45) is 0. The number of H-pyrrole nitrogens is 1. The van der Waals surface area contributed by atoms with Crippen LogP contribution in [-0.2, 0) is 0 Å². The van der Waals surface area contributed by atoms with Gasteiger partial charge in [-0.15, -0.1) is 0 Å². The lowest BCUT2D eigenvalue weighted by Crippen LogP contribution is -2.36. The molecule has 94 valence electrons. The van der Waals surface area contributed by atoms with Crippen LogP contribution in [0.2, 0.25) is 5.15 Å². The van der Waals surface area contributed by atoms with Gasteiger partial charge in [0.2, 0.25) is 5.82 Å². The monoisotopic (exact) mass is 396 g/mol. The Labute approximate surface area is 122 Å². The fraction of sp³-hybridized carbons (Fsp3) is 0. The number of benzene rings is 1. The largest absolute Gasteiger partial charge is 0.334 e. The second-order valence-electron chi connectivity index (χ2n) is 3.29. The first-order chi connectivity index (χ1) is 8.41. The predicted molar refractivity (Wildman–Crippen MR) is 73.0 cm³/mol. The lowest BCUT2D eigenvalue weighted by Gasteiger charge is -2.08. The average molecular weight is 398 g/mol. The molecule has 1 N–H and O–H groups in total. The van der Waals surface area contributed by atoms with E-state index in [1.807, 2.05) is 0 Å². The van der Waals surface area contributed by atoms with Gasteiger partial charge in [0, 0.05) is 8.95 Å². The molecule has 0 unspecified atom stereocenters. The van der Waals surface area contributed by atoms with Crippen LogP contribution in [0.5, 0.6) is 0 Å². The molecule has 1 heterocycles. The lowest BCUT2D eigenvalue weighted by atomic mass is 10.3. The zero-order chi connectivity index (χ0) is 13.4. The van der Waals surface area contributed by atoms with Gasteiger partial charge in [0.15, 0.2) is 5.15 Å². The van der Waals surface area contributed by atoms with Crippen molar-refractivity contribution in [2.75, 3.05) is 0 Å². The van der Waals surface area contributed by atoms with Crippen molar-refractivity contribution in [1.29, 1.82) is 0 Å². The van der Waals surface area contributed by atoms with Crippen LogP contribution in [0.15, 0.2) is 36.7 Å². The molecule has 0 radical (unpaired) electrons. The number of rotatable bonds is 1. The summed E-state index contributed by atoms with van der Waals surface area (Å²) >= 11 is 11.8. The van der Waals surface area contributed by atoms with E-state index in [0.29, 0.717) is 13.5 Å². The molecule has 0 spiro atoms. The highest BCUT2D eigenvalue weighted by Gasteiger charge is 2.15. The van der Waals surface area contributed by atoms with Crippen molar-refractivity contribution >= 4 is 43.5 Å². The van der Waals surface area contributed by atoms with E-state index in [4.69, 9.17) is 11.6 Å². The molecule has 4 nitrogen and oxygen atoms in total. The molecule has 18 heavy (non-hydrogen) atoms. The molecule has 0 fully saturated rings. The minimum atomic E-state index is -1.21. The van der Waals surface area contributed by atoms with E-state index in [9.17, 15) is 14.0 Å². The normalized spacial score (nSPS) is 10.7. The van der Waals surface area contributed by atoms with Crippen LogP contribution in [0, 0.1) is 5.82 Å². The molecule has 2 aromatic rings. The number of nitrogens with zero attached hydrogens (tertiary/aromatic N) is 1. The van der Waals surface area contributed by atoms with Crippen LogP contribution in [0.25, 0.3) is 5.69 Å². The second kappa shape index (κ2) is 4.99. The molecule has 8 heteroatoms. The first-order valence-electron chi connectivity index (χ1n) is 4.57. The van der Waals surface area contributed by atoms with Crippen molar-refractivity contribution in [3.05, 3.63) is 59.0 Å². The van der Waals surface area contributed by atoms with Crippen LogP contribution >= 0.6 is 43.5 Å². The summed E-state index contributed by atoms with van der Waals surface area (Å²) in [5.74, 6) is -1.21. The van der Waals surface area contributed by atoms with Gasteiger partial charge in [-0.2, -0.15) is 4.39 Å². The summed E-state index contributed by atoms with van der Waals surface area (Å²) < 4.78 is 15.2. The van der Waals surface area contributed by atoms with E-state index in [2.05, 4.69) is 36.8 Å². The third-order valence-corrected chi connectivity index (χ3v) is 3.58. The average Bonchev–Trinajstić information content (AvgIpc) is 2.31. The van der Waals surface area contributed by atoms with E-state index in [0.717, 1.165) is 0 Å². The predicted octanol–water partition coefficient (Wildman–Crippen LogP) is 2.84. The Hall–Kier alpha value is -0.920. The number of halogens is 4. The van der Waals surface area contributed by atoms with Crippen LogP contribution in [0.4, 0.5) is 4.39 Å². The van der Waals surface area contributed by atoms with E-state index < -0.39 is 22.2 Å². The first kappa shape index (κ1) is 13.5. The van der Waals surface area contributed by atoms with Gasteiger partial charge >= 0.3 is 5.69 Å². The fourth-order valence-corrected chi connectivity index (χ4v) is 2.30. The quantitative estimate of drug-likeness (QED) is 0.751. The minimum Gasteiger partial charge on any atom is -0.295 e. The van der Waals surface area contributed by atoms with Crippen LogP contribution in [0.1, 0.15) is 0 Å². The molecule has 0 aliphatic heterocycles. The molecule has 0 saturated heterocycles. The third kappa shape index (κ3) is 2.30. The third-order valence-electron chi connectivity index (χ3n) is 2.15. The lowest BCUT2D eigenvalue weighted by molar-refractivity contribution is 0.584. The first-order valence-corrected chi connectivity index (χ1v) is 6.54. The number of aromatic nitrogens is 2. The summed E-state index contributed by atoms with van der Waals surface area (Å²) in [5, 5.41) is -0.604. The fourth-order valence-electron chi connectivity index (χ4n) is 1.36. The van der Waals surface area contributed by atoms with Crippen LogP contribution in [-0.4, -0.2) is 9.55 Å². The van der Waals surface area contributed by atoms with Gasteiger partial charge in [-0.25, -0.2) is 9.36 Å². The summed E-state index contributed by atoms with van der Waals surface area (Å²) in [6, 6.07) is 4.84. The molecule has 2 rings (SSSR count). The number of hydrogen-bond donors (Lipinski definition) is 1. The summed E-state index contributed by atoms with van der Waals surface area (Å²) in [4.78, 5) is 25.5. The number of aromatic amines is 1. The number of nitrogens with one attached hydrogen (secondary N) is 1.